The van der Waals surface area contributed by atoms with E-state index >= 15 is 0 Å². The van der Waals surface area contributed by atoms with E-state index in [1.807, 2.05) is 0 Å². The van der Waals surface area contributed by atoms with E-state index in [2.05, 4.69) is 15.8 Å². The van der Waals surface area contributed by atoms with Crippen LogP contribution in [0.2, 0.25) is 0 Å². The lowest BCUT2D eigenvalue weighted by Gasteiger charge is -2.05. The van der Waals surface area contributed by atoms with E-state index in [9.17, 15) is 24.5 Å². The minimum Gasteiger partial charge on any atom is -0.423 e. The maximum atomic E-state index is 12.3. The Balaban J connectivity index is 1.61. The van der Waals surface area contributed by atoms with Crippen molar-refractivity contribution in [2.45, 2.75) is 6.92 Å². The molecule has 0 saturated heterocycles. The molecule has 2 amide bonds. The summed E-state index contributed by atoms with van der Waals surface area (Å²) >= 11 is 0. The van der Waals surface area contributed by atoms with Crippen molar-refractivity contribution in [1.29, 1.82) is 0 Å². The van der Waals surface area contributed by atoms with Gasteiger partial charge in [0, 0.05) is 30.3 Å². The monoisotopic (exact) mass is 446 g/mol. The van der Waals surface area contributed by atoms with E-state index < -0.39 is 16.8 Å². The number of carbonyl (C=O) groups is 3. The number of esters is 1. The summed E-state index contributed by atoms with van der Waals surface area (Å²) in [4.78, 5) is 45.8. The molecule has 10 heteroatoms. The van der Waals surface area contributed by atoms with Gasteiger partial charge in [0.05, 0.1) is 16.7 Å². The Morgan fingerprint density at radius 3 is 2.39 bits per heavy atom. The van der Waals surface area contributed by atoms with E-state index in [0.717, 1.165) is 6.07 Å². The van der Waals surface area contributed by atoms with Gasteiger partial charge in [-0.2, -0.15) is 5.10 Å². The van der Waals surface area contributed by atoms with Crippen molar-refractivity contribution in [2.24, 2.45) is 5.10 Å². The minimum absolute atomic E-state index is 0.0417. The first-order valence-corrected chi connectivity index (χ1v) is 9.59. The van der Waals surface area contributed by atoms with Gasteiger partial charge in [-0.1, -0.05) is 18.2 Å². The first kappa shape index (κ1) is 22.8. The molecule has 0 aromatic heterocycles. The topological polar surface area (TPSA) is 140 Å². The Labute approximate surface area is 188 Å². The predicted molar refractivity (Wildman–Crippen MR) is 120 cm³/mol. The van der Waals surface area contributed by atoms with Crippen molar-refractivity contribution >= 4 is 35.4 Å². The molecule has 2 N–H and O–H groups in total. The van der Waals surface area contributed by atoms with Crippen LogP contribution in [-0.4, -0.2) is 28.9 Å². The molecule has 3 aromatic carbocycles. The van der Waals surface area contributed by atoms with E-state index in [-0.39, 0.29) is 22.9 Å². The second-order valence-corrected chi connectivity index (χ2v) is 6.73. The van der Waals surface area contributed by atoms with Crippen molar-refractivity contribution in [2.75, 3.05) is 5.32 Å². The van der Waals surface area contributed by atoms with Gasteiger partial charge < -0.3 is 10.1 Å². The van der Waals surface area contributed by atoms with Gasteiger partial charge in [-0.3, -0.25) is 19.7 Å². The molecule has 0 bridgehead atoms. The lowest BCUT2D eigenvalue weighted by Crippen LogP contribution is -2.17. The molecule has 0 radical (unpaired) electrons. The van der Waals surface area contributed by atoms with Gasteiger partial charge in [-0.25, -0.2) is 10.2 Å². The van der Waals surface area contributed by atoms with Crippen LogP contribution in [0.3, 0.4) is 0 Å². The van der Waals surface area contributed by atoms with Gasteiger partial charge in [0.1, 0.15) is 5.75 Å². The highest BCUT2D eigenvalue weighted by Crippen LogP contribution is 2.17. The Morgan fingerprint density at radius 1 is 0.970 bits per heavy atom. The number of nitro benzene ring substituents is 1. The maximum absolute atomic E-state index is 12.3. The minimum atomic E-state index is -0.746. The van der Waals surface area contributed by atoms with Crippen LogP contribution < -0.4 is 15.5 Å². The van der Waals surface area contributed by atoms with Crippen LogP contribution in [0.1, 0.15) is 33.2 Å². The number of non-ortho nitro benzene ring substituents is 1. The maximum Gasteiger partial charge on any atom is 0.343 e. The number of rotatable bonds is 7. The number of nitrogens with zero attached hydrogens (tertiary/aromatic N) is 2. The van der Waals surface area contributed by atoms with E-state index in [0.29, 0.717) is 16.8 Å². The molecule has 3 rings (SSSR count). The van der Waals surface area contributed by atoms with Gasteiger partial charge in [-0.05, 0) is 48.0 Å². The van der Waals surface area contributed by atoms with Crippen LogP contribution >= 0.6 is 0 Å². The quantitative estimate of drug-likeness (QED) is 0.187. The predicted octanol–water partition coefficient (Wildman–Crippen LogP) is 3.54. The smallest absolute Gasteiger partial charge is 0.343 e. The zero-order valence-corrected chi connectivity index (χ0v) is 17.3. The van der Waals surface area contributed by atoms with Crippen LogP contribution in [0.5, 0.6) is 5.75 Å². The van der Waals surface area contributed by atoms with Gasteiger partial charge in [-0.15, -0.1) is 0 Å². The van der Waals surface area contributed by atoms with Crippen molar-refractivity contribution in [1.82, 2.24) is 5.43 Å². The Bertz CT molecular complexity index is 1240. The third-order valence-electron chi connectivity index (χ3n) is 4.21. The molecule has 0 saturated carbocycles. The largest absolute Gasteiger partial charge is 0.423 e. The van der Waals surface area contributed by atoms with E-state index in [4.69, 9.17) is 4.74 Å². The van der Waals surface area contributed by atoms with E-state index in [1.165, 1.54) is 37.4 Å². The highest BCUT2D eigenvalue weighted by atomic mass is 16.6. The molecule has 166 valence electrons. The number of hydrazone groups is 1. The summed E-state index contributed by atoms with van der Waals surface area (Å²) in [5.41, 5.74) is 3.67. The number of ether oxygens (including phenoxy) is 1. The van der Waals surface area contributed by atoms with Crippen LogP contribution in [0.15, 0.2) is 77.9 Å². The number of nitro groups is 1. The molecule has 0 fully saturated rings. The SMILES string of the molecule is CC(=O)Nc1ccc(C(=O)N/N=C/c2cccc(OC(=O)c3cccc([N+](=O)[O-])c3)c2)cc1. The highest BCUT2D eigenvalue weighted by Gasteiger charge is 2.13. The fourth-order valence-electron chi connectivity index (χ4n) is 2.71. The summed E-state index contributed by atoms with van der Waals surface area (Å²) in [5.74, 6) is -1.21. The zero-order chi connectivity index (χ0) is 23.8. The molecule has 33 heavy (non-hydrogen) atoms. The van der Waals surface area contributed by atoms with Crippen LogP contribution in [0.25, 0.3) is 0 Å². The highest BCUT2D eigenvalue weighted by molar-refractivity contribution is 5.96. The molecule has 0 aliphatic heterocycles. The summed E-state index contributed by atoms with van der Waals surface area (Å²) < 4.78 is 5.27. The molecule has 3 aromatic rings. The number of benzene rings is 3. The molecule has 0 heterocycles. The summed E-state index contributed by atoms with van der Waals surface area (Å²) in [5, 5.41) is 17.4. The second kappa shape index (κ2) is 10.4. The van der Waals surface area contributed by atoms with Crippen LogP contribution in [-0.2, 0) is 4.79 Å². The molecule has 10 nitrogen and oxygen atoms in total. The number of hydrogen-bond acceptors (Lipinski definition) is 7. The second-order valence-electron chi connectivity index (χ2n) is 6.73. The van der Waals surface area contributed by atoms with Crippen LogP contribution in [0, 0.1) is 10.1 Å². The lowest BCUT2D eigenvalue weighted by atomic mass is 10.2. The molecule has 0 spiro atoms. The number of amides is 2. The van der Waals surface area contributed by atoms with Gasteiger partial charge >= 0.3 is 5.97 Å². The van der Waals surface area contributed by atoms with Crippen molar-refractivity contribution in [3.8, 4) is 5.75 Å². The van der Waals surface area contributed by atoms with Crippen molar-refractivity contribution < 1.29 is 24.0 Å². The first-order chi connectivity index (χ1) is 15.8. The summed E-state index contributed by atoms with van der Waals surface area (Å²) in [6.07, 6.45) is 1.37. The Hall–Kier alpha value is -4.86. The number of hydrogen-bond donors (Lipinski definition) is 2. The average molecular weight is 446 g/mol. The standard InChI is InChI=1S/C23H18N4O6/c1-15(28)25-19-10-8-17(9-11-19)22(29)26-24-14-16-4-2-7-21(12-16)33-23(30)18-5-3-6-20(13-18)27(31)32/h2-14H,1H3,(H,25,28)(H,26,29)/b24-14+. The Kier molecular flexibility index (Phi) is 7.22. The van der Waals surface area contributed by atoms with Gasteiger partial charge in [0.2, 0.25) is 5.91 Å². The Morgan fingerprint density at radius 2 is 1.70 bits per heavy atom. The number of anilines is 1. The fraction of sp³-hybridized carbons (Fsp3) is 0.0435. The fourth-order valence-corrected chi connectivity index (χ4v) is 2.71. The summed E-state index contributed by atoms with van der Waals surface area (Å²) in [7, 11) is 0. The third kappa shape index (κ3) is 6.56. The third-order valence-corrected chi connectivity index (χ3v) is 4.21. The number of carbonyl (C=O) groups excluding carboxylic acids is 3. The normalized spacial score (nSPS) is 10.5. The summed E-state index contributed by atoms with van der Waals surface area (Å²) in [6, 6.07) is 17.9. The molecular formula is C23H18N4O6. The average Bonchev–Trinajstić information content (AvgIpc) is 2.79. The first-order valence-electron chi connectivity index (χ1n) is 9.59. The molecule has 0 unspecified atom stereocenters. The van der Waals surface area contributed by atoms with Crippen LogP contribution in [0.4, 0.5) is 11.4 Å². The molecule has 0 atom stereocenters. The molecular weight excluding hydrogens is 428 g/mol. The summed E-state index contributed by atoms with van der Waals surface area (Å²) in [6.45, 7) is 1.39. The molecule has 0 aliphatic carbocycles. The van der Waals surface area contributed by atoms with Gasteiger partial charge in [0.15, 0.2) is 0 Å². The lowest BCUT2D eigenvalue weighted by molar-refractivity contribution is -0.384. The van der Waals surface area contributed by atoms with Gasteiger partial charge in [0.25, 0.3) is 11.6 Å². The molecule has 0 aliphatic rings. The number of nitrogens with one attached hydrogen (secondary N) is 2. The van der Waals surface area contributed by atoms with Crippen molar-refractivity contribution in [3.63, 3.8) is 0 Å². The van der Waals surface area contributed by atoms with Crippen molar-refractivity contribution in [3.05, 3.63) is 99.6 Å². The van der Waals surface area contributed by atoms with E-state index in [1.54, 1.807) is 42.5 Å². The zero-order valence-electron chi connectivity index (χ0n) is 17.3.